The third-order valence-corrected chi connectivity index (χ3v) is 4.41. The van der Waals surface area contributed by atoms with Crippen molar-refractivity contribution in [2.75, 3.05) is 7.05 Å². The van der Waals surface area contributed by atoms with Gasteiger partial charge in [0.05, 0.1) is 6.04 Å². The summed E-state index contributed by atoms with van der Waals surface area (Å²) in [6.45, 7) is 0. The highest BCUT2D eigenvalue weighted by Gasteiger charge is 2.49. The van der Waals surface area contributed by atoms with Crippen LogP contribution in [0.2, 0.25) is 0 Å². The summed E-state index contributed by atoms with van der Waals surface area (Å²) in [6, 6.07) is 18.1. The van der Waals surface area contributed by atoms with Crippen molar-refractivity contribution in [1.29, 1.82) is 0 Å². The Morgan fingerprint density at radius 2 is 1.55 bits per heavy atom. The highest BCUT2D eigenvalue weighted by molar-refractivity contribution is 5.85. The highest BCUT2D eigenvalue weighted by Crippen LogP contribution is 2.40. The number of amides is 1. The van der Waals surface area contributed by atoms with Crippen LogP contribution in [-0.2, 0) is 4.79 Å². The number of carbonyl (C=O) groups excluding carboxylic acids is 1. The zero-order valence-electron chi connectivity index (χ0n) is 12.3. The van der Waals surface area contributed by atoms with Crippen LogP contribution in [0.4, 0.5) is 0 Å². The quantitative estimate of drug-likeness (QED) is 0.906. The SMILES string of the molecule is CN1C(=O)[C@@H](O)[C@H](c2ccccc2)[C@@H]1[C@@H](O)c1ccccc1. The maximum absolute atomic E-state index is 12.2. The standard InChI is InChI=1S/C18H19NO3/c1-19-15(16(20)13-10-6-3-7-11-13)14(17(21)18(19)22)12-8-4-2-5-9-12/h2-11,14-17,20-21H,1H3/t14-,15-,16+,17+/m1/s1. The topological polar surface area (TPSA) is 60.8 Å². The zero-order valence-corrected chi connectivity index (χ0v) is 12.3. The van der Waals surface area contributed by atoms with Crippen LogP contribution >= 0.6 is 0 Å². The Kier molecular flexibility index (Phi) is 3.96. The van der Waals surface area contributed by atoms with Gasteiger partial charge in [-0.05, 0) is 11.1 Å². The minimum atomic E-state index is -1.13. The van der Waals surface area contributed by atoms with Crippen LogP contribution in [0.15, 0.2) is 60.7 Å². The second kappa shape index (κ2) is 5.91. The van der Waals surface area contributed by atoms with E-state index in [2.05, 4.69) is 0 Å². The van der Waals surface area contributed by atoms with Crippen molar-refractivity contribution < 1.29 is 15.0 Å². The predicted molar refractivity (Wildman–Crippen MR) is 83.1 cm³/mol. The Morgan fingerprint density at radius 1 is 1.00 bits per heavy atom. The third kappa shape index (κ3) is 2.40. The molecule has 1 heterocycles. The van der Waals surface area contributed by atoms with E-state index in [-0.39, 0.29) is 5.91 Å². The van der Waals surface area contributed by atoms with Gasteiger partial charge in [-0.1, -0.05) is 60.7 Å². The molecule has 1 fully saturated rings. The lowest BCUT2D eigenvalue weighted by Crippen LogP contribution is -2.36. The van der Waals surface area contributed by atoms with Crippen LogP contribution in [-0.4, -0.2) is 40.2 Å². The molecule has 2 aromatic carbocycles. The van der Waals surface area contributed by atoms with Crippen molar-refractivity contribution in [1.82, 2.24) is 4.90 Å². The van der Waals surface area contributed by atoms with Gasteiger partial charge in [0, 0.05) is 13.0 Å². The minimum absolute atomic E-state index is 0.353. The summed E-state index contributed by atoms with van der Waals surface area (Å²) < 4.78 is 0. The van der Waals surface area contributed by atoms with Crippen molar-refractivity contribution in [3.63, 3.8) is 0 Å². The first-order chi connectivity index (χ1) is 10.6. The van der Waals surface area contributed by atoms with E-state index in [1.165, 1.54) is 4.90 Å². The average Bonchev–Trinajstić information content (AvgIpc) is 2.80. The molecule has 4 nitrogen and oxygen atoms in total. The summed E-state index contributed by atoms with van der Waals surface area (Å²) in [5, 5.41) is 21.1. The monoisotopic (exact) mass is 297 g/mol. The first-order valence-corrected chi connectivity index (χ1v) is 7.34. The van der Waals surface area contributed by atoms with Crippen molar-refractivity contribution in [2.24, 2.45) is 0 Å². The molecule has 3 rings (SSSR count). The molecule has 4 heteroatoms. The van der Waals surface area contributed by atoms with Gasteiger partial charge >= 0.3 is 0 Å². The summed E-state index contributed by atoms with van der Waals surface area (Å²) in [5.74, 6) is -0.803. The number of rotatable bonds is 3. The molecule has 1 saturated heterocycles. The minimum Gasteiger partial charge on any atom is -0.386 e. The number of hydrogen-bond acceptors (Lipinski definition) is 3. The first kappa shape index (κ1) is 14.8. The number of hydrogen-bond donors (Lipinski definition) is 2. The number of aliphatic hydroxyl groups excluding tert-OH is 2. The fraction of sp³-hybridized carbons (Fsp3) is 0.278. The average molecular weight is 297 g/mol. The smallest absolute Gasteiger partial charge is 0.252 e. The van der Waals surface area contributed by atoms with Gasteiger partial charge in [0.25, 0.3) is 5.91 Å². The van der Waals surface area contributed by atoms with Gasteiger partial charge in [-0.2, -0.15) is 0 Å². The van der Waals surface area contributed by atoms with Gasteiger partial charge in [0.2, 0.25) is 0 Å². The van der Waals surface area contributed by atoms with Crippen LogP contribution in [0.1, 0.15) is 23.1 Å². The molecule has 0 bridgehead atoms. The summed E-state index contributed by atoms with van der Waals surface area (Å²) in [7, 11) is 1.63. The molecular formula is C18H19NO3. The second-order valence-electron chi connectivity index (χ2n) is 5.68. The van der Waals surface area contributed by atoms with Crippen molar-refractivity contribution in [2.45, 2.75) is 24.2 Å². The lowest BCUT2D eigenvalue weighted by molar-refractivity contribution is -0.135. The Hall–Kier alpha value is -2.17. The van der Waals surface area contributed by atoms with Gasteiger partial charge in [-0.15, -0.1) is 0 Å². The predicted octanol–water partition coefficient (Wildman–Crippen LogP) is 1.71. The van der Waals surface area contributed by atoms with Gasteiger partial charge < -0.3 is 15.1 Å². The lowest BCUT2D eigenvalue weighted by atomic mass is 9.85. The molecule has 0 saturated carbocycles. The molecule has 0 unspecified atom stereocenters. The number of likely N-dealkylation sites (N-methyl/N-ethyl adjacent to an activating group) is 1. The molecular weight excluding hydrogens is 278 g/mol. The Bertz CT molecular complexity index is 644. The second-order valence-corrected chi connectivity index (χ2v) is 5.68. The van der Waals surface area contributed by atoms with Crippen LogP contribution in [0.3, 0.4) is 0 Å². The van der Waals surface area contributed by atoms with Crippen LogP contribution in [0, 0.1) is 0 Å². The fourth-order valence-electron chi connectivity index (χ4n) is 3.25. The molecule has 1 aliphatic rings. The maximum Gasteiger partial charge on any atom is 0.252 e. The molecule has 0 aromatic heterocycles. The molecule has 0 spiro atoms. The van der Waals surface area contributed by atoms with Crippen molar-refractivity contribution in [3.05, 3.63) is 71.8 Å². The normalized spacial score (nSPS) is 26.2. The van der Waals surface area contributed by atoms with Gasteiger partial charge in [-0.25, -0.2) is 0 Å². The van der Waals surface area contributed by atoms with E-state index in [1.807, 2.05) is 60.7 Å². The molecule has 114 valence electrons. The van der Waals surface area contributed by atoms with E-state index in [9.17, 15) is 15.0 Å². The van der Waals surface area contributed by atoms with E-state index >= 15 is 0 Å². The fourth-order valence-corrected chi connectivity index (χ4v) is 3.25. The lowest BCUT2D eigenvalue weighted by Gasteiger charge is -2.30. The zero-order chi connectivity index (χ0) is 15.7. The molecule has 2 N–H and O–H groups in total. The third-order valence-electron chi connectivity index (χ3n) is 4.41. The molecule has 0 radical (unpaired) electrons. The Morgan fingerprint density at radius 3 is 2.14 bits per heavy atom. The number of aliphatic hydroxyl groups is 2. The number of benzene rings is 2. The Labute approximate surface area is 129 Å². The molecule has 2 aromatic rings. The van der Waals surface area contributed by atoms with Crippen LogP contribution in [0.25, 0.3) is 0 Å². The van der Waals surface area contributed by atoms with E-state index in [0.29, 0.717) is 0 Å². The Balaban J connectivity index is 2.01. The highest BCUT2D eigenvalue weighted by atomic mass is 16.3. The maximum atomic E-state index is 12.2. The number of likely N-dealkylation sites (tertiary alicyclic amines) is 1. The number of carbonyl (C=O) groups is 1. The van der Waals surface area contributed by atoms with Crippen molar-refractivity contribution in [3.8, 4) is 0 Å². The summed E-state index contributed by atoms with van der Waals surface area (Å²) in [4.78, 5) is 13.7. The molecule has 4 atom stereocenters. The largest absolute Gasteiger partial charge is 0.386 e. The van der Waals surface area contributed by atoms with E-state index in [0.717, 1.165) is 11.1 Å². The van der Waals surface area contributed by atoms with Crippen LogP contribution in [0.5, 0.6) is 0 Å². The molecule has 1 aliphatic heterocycles. The van der Waals surface area contributed by atoms with Crippen molar-refractivity contribution >= 4 is 5.91 Å². The molecule has 0 aliphatic carbocycles. The summed E-state index contributed by atoms with van der Waals surface area (Å²) >= 11 is 0. The van der Waals surface area contributed by atoms with Gasteiger partial charge in [-0.3, -0.25) is 4.79 Å². The van der Waals surface area contributed by atoms with Gasteiger partial charge in [0.15, 0.2) is 0 Å². The first-order valence-electron chi connectivity index (χ1n) is 7.34. The summed E-state index contributed by atoms with van der Waals surface area (Å²) in [6.07, 6.45) is -1.98. The number of nitrogens with zero attached hydrogens (tertiary/aromatic N) is 1. The van der Waals surface area contributed by atoms with Gasteiger partial charge in [0.1, 0.15) is 12.2 Å². The van der Waals surface area contributed by atoms with Crippen LogP contribution < -0.4 is 0 Å². The van der Waals surface area contributed by atoms with E-state index in [4.69, 9.17) is 0 Å². The molecule has 22 heavy (non-hydrogen) atoms. The van der Waals surface area contributed by atoms with E-state index < -0.39 is 24.2 Å². The molecule has 1 amide bonds. The summed E-state index contributed by atoms with van der Waals surface area (Å²) in [5.41, 5.74) is 1.59. The van der Waals surface area contributed by atoms with E-state index in [1.54, 1.807) is 7.05 Å².